The molecular weight excluding hydrogens is 196 g/mol. The first kappa shape index (κ1) is 10.7. The Labute approximate surface area is 94.0 Å². The van der Waals surface area contributed by atoms with Gasteiger partial charge in [-0.25, -0.2) is 0 Å². The summed E-state index contributed by atoms with van der Waals surface area (Å²) in [7, 11) is -1.08. The highest BCUT2D eigenvalue weighted by Crippen LogP contribution is 2.31. The van der Waals surface area contributed by atoms with Crippen LogP contribution >= 0.6 is 0 Å². The van der Waals surface area contributed by atoms with E-state index < -0.39 is 8.07 Å². The fraction of sp³-hybridized carbons (Fsp3) is 0.429. The molecule has 1 aromatic carbocycles. The van der Waals surface area contributed by atoms with Gasteiger partial charge in [0.05, 0.1) is 8.07 Å². The Balaban J connectivity index is 2.42. The number of rotatable bonds is 1. The van der Waals surface area contributed by atoms with E-state index in [1.165, 1.54) is 24.8 Å². The second-order valence-corrected chi connectivity index (χ2v) is 10.6. The van der Waals surface area contributed by atoms with E-state index in [1.54, 1.807) is 11.1 Å². The molecule has 0 nitrogen and oxygen atoms in total. The van der Waals surface area contributed by atoms with Gasteiger partial charge in [0.1, 0.15) is 0 Å². The Morgan fingerprint density at radius 1 is 1.07 bits per heavy atom. The smallest absolute Gasteiger partial charge is 0.0690 e. The molecule has 0 fully saturated rings. The first-order valence-electron chi connectivity index (χ1n) is 5.86. The zero-order valence-corrected chi connectivity index (χ0v) is 11.0. The fourth-order valence-electron chi connectivity index (χ4n) is 2.33. The maximum Gasteiger partial charge on any atom is 0.0690 e. The minimum Gasteiger partial charge on any atom is -0.0913 e. The minimum atomic E-state index is -1.08. The molecule has 0 aliphatic heterocycles. The molecule has 0 radical (unpaired) electrons. The average Bonchev–Trinajstić information content (AvgIpc) is 2.16. The van der Waals surface area contributed by atoms with Crippen molar-refractivity contribution in [2.75, 3.05) is 0 Å². The molecule has 0 unspecified atom stereocenters. The van der Waals surface area contributed by atoms with E-state index in [-0.39, 0.29) is 0 Å². The molecule has 1 aliphatic rings. The largest absolute Gasteiger partial charge is 0.0913 e. The predicted octanol–water partition coefficient (Wildman–Crippen LogP) is 4.28. The monoisotopic (exact) mass is 216 g/mol. The maximum atomic E-state index is 2.57. The minimum absolute atomic E-state index is 1.08. The maximum absolute atomic E-state index is 2.57. The lowest BCUT2D eigenvalue weighted by Gasteiger charge is -2.22. The van der Waals surface area contributed by atoms with Gasteiger partial charge in [0.25, 0.3) is 0 Å². The predicted molar refractivity (Wildman–Crippen MR) is 70.7 cm³/mol. The van der Waals surface area contributed by atoms with Gasteiger partial charge in [-0.2, -0.15) is 0 Å². The van der Waals surface area contributed by atoms with E-state index in [0.717, 1.165) is 0 Å². The second-order valence-electron chi connectivity index (χ2n) is 5.55. The molecule has 0 bridgehead atoms. The molecule has 2 rings (SSSR count). The standard InChI is InChI=1S/C14H20Si/c1-15(2,3)11-13-9-6-8-12-7-4-5-10-14(12)13/h4-5,7,10-11H,6,8-9H2,1-3H3/b13-11+. The van der Waals surface area contributed by atoms with Crippen LogP contribution in [0.4, 0.5) is 0 Å². The van der Waals surface area contributed by atoms with Crippen LogP contribution in [0.15, 0.2) is 30.0 Å². The summed E-state index contributed by atoms with van der Waals surface area (Å²) < 4.78 is 0. The van der Waals surface area contributed by atoms with Crippen LogP contribution in [0.1, 0.15) is 24.0 Å². The van der Waals surface area contributed by atoms with Crippen molar-refractivity contribution in [1.29, 1.82) is 0 Å². The highest BCUT2D eigenvalue weighted by molar-refractivity contribution is 6.81. The van der Waals surface area contributed by atoms with Crippen molar-refractivity contribution in [1.82, 2.24) is 0 Å². The van der Waals surface area contributed by atoms with Gasteiger partial charge in [-0.3, -0.25) is 0 Å². The SMILES string of the molecule is C[Si](C)(C)/C=C1\CCCc2ccccc21. The molecule has 0 saturated carbocycles. The van der Waals surface area contributed by atoms with Crippen LogP contribution < -0.4 is 0 Å². The van der Waals surface area contributed by atoms with E-state index in [2.05, 4.69) is 49.6 Å². The summed E-state index contributed by atoms with van der Waals surface area (Å²) in [5.41, 5.74) is 7.25. The van der Waals surface area contributed by atoms with Crippen LogP contribution in [0.3, 0.4) is 0 Å². The fourth-order valence-corrected chi connectivity index (χ4v) is 3.67. The molecule has 0 amide bonds. The van der Waals surface area contributed by atoms with Gasteiger partial charge in [-0.05, 0) is 36.0 Å². The van der Waals surface area contributed by atoms with Crippen LogP contribution in [0, 0.1) is 0 Å². The van der Waals surface area contributed by atoms with Crippen LogP contribution in [0.25, 0.3) is 5.57 Å². The van der Waals surface area contributed by atoms with Crippen molar-refractivity contribution in [3.05, 3.63) is 41.1 Å². The summed E-state index contributed by atoms with van der Waals surface area (Å²) in [5.74, 6) is 0. The number of allylic oxidation sites excluding steroid dienone is 1. The summed E-state index contributed by atoms with van der Waals surface area (Å²) >= 11 is 0. The quantitative estimate of drug-likeness (QED) is 0.615. The molecular formula is C14H20Si. The summed E-state index contributed by atoms with van der Waals surface area (Å²) in [6, 6.07) is 8.91. The lowest BCUT2D eigenvalue weighted by Crippen LogP contribution is -2.17. The van der Waals surface area contributed by atoms with Crippen molar-refractivity contribution in [3.8, 4) is 0 Å². The Kier molecular flexibility index (Phi) is 2.83. The molecule has 1 aromatic rings. The number of hydrogen-bond donors (Lipinski definition) is 0. The third-order valence-electron chi connectivity index (χ3n) is 2.86. The Bertz CT molecular complexity index is 383. The number of aryl methyl sites for hydroxylation is 1. The molecule has 0 heterocycles. The number of hydrogen-bond acceptors (Lipinski definition) is 0. The van der Waals surface area contributed by atoms with Crippen LogP contribution in [-0.4, -0.2) is 8.07 Å². The molecule has 80 valence electrons. The second kappa shape index (κ2) is 3.97. The van der Waals surface area contributed by atoms with Gasteiger partial charge >= 0.3 is 0 Å². The van der Waals surface area contributed by atoms with Gasteiger partial charge in [0.2, 0.25) is 0 Å². The Hall–Kier alpha value is -0.823. The molecule has 0 spiro atoms. The van der Waals surface area contributed by atoms with Crippen molar-refractivity contribution < 1.29 is 0 Å². The number of benzene rings is 1. The zero-order valence-electron chi connectivity index (χ0n) is 10.0. The van der Waals surface area contributed by atoms with Crippen LogP contribution in [0.2, 0.25) is 19.6 Å². The number of fused-ring (bicyclic) bond motifs is 1. The van der Waals surface area contributed by atoms with E-state index in [9.17, 15) is 0 Å². The lowest BCUT2D eigenvalue weighted by molar-refractivity contribution is 0.822. The summed E-state index contributed by atoms with van der Waals surface area (Å²) in [6.45, 7) is 7.24. The van der Waals surface area contributed by atoms with Gasteiger partial charge in [0, 0.05) is 0 Å². The van der Waals surface area contributed by atoms with Gasteiger partial charge in [-0.1, -0.05) is 49.6 Å². The summed E-state index contributed by atoms with van der Waals surface area (Å²) in [6.07, 6.45) is 3.87. The third kappa shape index (κ3) is 2.60. The van der Waals surface area contributed by atoms with Crippen molar-refractivity contribution in [2.45, 2.75) is 38.9 Å². The van der Waals surface area contributed by atoms with E-state index in [1.807, 2.05) is 0 Å². The highest BCUT2D eigenvalue weighted by atomic mass is 28.3. The Morgan fingerprint density at radius 2 is 1.80 bits per heavy atom. The van der Waals surface area contributed by atoms with Gasteiger partial charge in [-0.15, -0.1) is 0 Å². The lowest BCUT2D eigenvalue weighted by atomic mass is 9.88. The van der Waals surface area contributed by atoms with Crippen molar-refractivity contribution in [3.63, 3.8) is 0 Å². The molecule has 1 aliphatic carbocycles. The summed E-state index contributed by atoms with van der Waals surface area (Å²) in [4.78, 5) is 0. The Morgan fingerprint density at radius 3 is 2.53 bits per heavy atom. The highest BCUT2D eigenvalue weighted by Gasteiger charge is 2.17. The molecule has 1 heteroatoms. The molecule has 15 heavy (non-hydrogen) atoms. The average molecular weight is 216 g/mol. The topological polar surface area (TPSA) is 0 Å². The first-order chi connectivity index (χ1) is 7.06. The third-order valence-corrected chi connectivity index (χ3v) is 4.08. The molecule has 0 aromatic heterocycles. The van der Waals surface area contributed by atoms with Crippen molar-refractivity contribution >= 4 is 13.6 Å². The van der Waals surface area contributed by atoms with Crippen molar-refractivity contribution in [2.24, 2.45) is 0 Å². The molecule has 0 saturated heterocycles. The van der Waals surface area contributed by atoms with Crippen LogP contribution in [-0.2, 0) is 6.42 Å². The molecule has 0 atom stereocenters. The van der Waals surface area contributed by atoms with Crippen LogP contribution in [0.5, 0.6) is 0 Å². The van der Waals surface area contributed by atoms with Gasteiger partial charge in [0.15, 0.2) is 0 Å². The normalized spacial score (nSPS) is 19.0. The van der Waals surface area contributed by atoms with E-state index in [4.69, 9.17) is 0 Å². The van der Waals surface area contributed by atoms with Gasteiger partial charge < -0.3 is 0 Å². The van der Waals surface area contributed by atoms with E-state index in [0.29, 0.717) is 0 Å². The first-order valence-corrected chi connectivity index (χ1v) is 9.44. The molecule has 0 N–H and O–H groups in total. The zero-order chi connectivity index (χ0) is 10.9. The summed E-state index contributed by atoms with van der Waals surface area (Å²) in [5, 5.41) is 0. The van der Waals surface area contributed by atoms with E-state index >= 15 is 0 Å².